The van der Waals surface area contributed by atoms with E-state index in [2.05, 4.69) is 10.1 Å². The Hall–Kier alpha value is -2.24. The maximum atomic E-state index is 12.6. The standard InChI is InChI=1S/C9H6FN3O2/c10-6-1-2-8(11-5-6)13-7(9(14)15)3-4-12-13/h1-5H,(H,14,15). The monoisotopic (exact) mass is 207 g/mol. The van der Waals surface area contributed by atoms with Gasteiger partial charge in [0.05, 0.1) is 12.4 Å². The first-order valence-corrected chi connectivity index (χ1v) is 4.08. The summed E-state index contributed by atoms with van der Waals surface area (Å²) in [6.07, 6.45) is 2.34. The molecule has 0 aliphatic carbocycles. The Morgan fingerprint density at radius 1 is 1.40 bits per heavy atom. The molecule has 2 rings (SSSR count). The summed E-state index contributed by atoms with van der Waals surface area (Å²) in [6, 6.07) is 3.89. The van der Waals surface area contributed by atoms with Crippen molar-refractivity contribution in [1.29, 1.82) is 0 Å². The van der Waals surface area contributed by atoms with Crippen LogP contribution in [0, 0.1) is 5.82 Å². The Labute approximate surface area is 83.8 Å². The van der Waals surface area contributed by atoms with Gasteiger partial charge in [0.2, 0.25) is 0 Å². The molecule has 6 heteroatoms. The molecule has 15 heavy (non-hydrogen) atoms. The van der Waals surface area contributed by atoms with Crippen LogP contribution in [0.3, 0.4) is 0 Å². The number of aromatic nitrogens is 3. The Morgan fingerprint density at radius 3 is 2.80 bits per heavy atom. The van der Waals surface area contributed by atoms with Gasteiger partial charge in [-0.05, 0) is 18.2 Å². The molecule has 0 bridgehead atoms. The summed E-state index contributed by atoms with van der Waals surface area (Å²) in [5, 5.41) is 12.6. The second-order valence-electron chi connectivity index (χ2n) is 2.77. The van der Waals surface area contributed by atoms with E-state index in [4.69, 9.17) is 5.11 Å². The third-order valence-electron chi connectivity index (χ3n) is 1.79. The minimum Gasteiger partial charge on any atom is -0.477 e. The van der Waals surface area contributed by atoms with E-state index >= 15 is 0 Å². The minimum absolute atomic E-state index is 0.0193. The lowest BCUT2D eigenvalue weighted by molar-refractivity contribution is 0.0687. The van der Waals surface area contributed by atoms with Crippen LogP contribution in [0.25, 0.3) is 5.82 Å². The van der Waals surface area contributed by atoms with Gasteiger partial charge in [-0.3, -0.25) is 0 Å². The van der Waals surface area contributed by atoms with E-state index in [1.54, 1.807) is 0 Å². The fourth-order valence-corrected chi connectivity index (χ4v) is 1.14. The zero-order chi connectivity index (χ0) is 10.8. The van der Waals surface area contributed by atoms with Crippen LogP contribution in [-0.4, -0.2) is 25.8 Å². The highest BCUT2D eigenvalue weighted by Crippen LogP contribution is 2.08. The van der Waals surface area contributed by atoms with Gasteiger partial charge in [0, 0.05) is 0 Å². The number of aromatic carboxylic acids is 1. The van der Waals surface area contributed by atoms with Gasteiger partial charge in [0.25, 0.3) is 0 Å². The Balaban J connectivity index is 2.49. The van der Waals surface area contributed by atoms with Gasteiger partial charge in [-0.15, -0.1) is 0 Å². The molecule has 0 fully saturated rings. The van der Waals surface area contributed by atoms with Gasteiger partial charge in [0.15, 0.2) is 11.5 Å². The second kappa shape index (κ2) is 3.49. The predicted molar refractivity (Wildman–Crippen MR) is 48.3 cm³/mol. The van der Waals surface area contributed by atoms with Crippen molar-refractivity contribution in [2.24, 2.45) is 0 Å². The number of carbonyl (C=O) groups is 1. The normalized spacial score (nSPS) is 10.2. The second-order valence-corrected chi connectivity index (χ2v) is 2.77. The number of halogens is 1. The first-order valence-electron chi connectivity index (χ1n) is 4.08. The molecule has 0 saturated carbocycles. The topological polar surface area (TPSA) is 68.0 Å². The van der Waals surface area contributed by atoms with Gasteiger partial charge in [0.1, 0.15) is 5.82 Å². The first-order chi connectivity index (χ1) is 7.18. The molecule has 76 valence electrons. The molecule has 0 saturated heterocycles. The molecule has 2 aromatic rings. The summed E-state index contributed by atoms with van der Waals surface area (Å²) < 4.78 is 13.7. The lowest BCUT2D eigenvalue weighted by Crippen LogP contribution is -2.09. The summed E-state index contributed by atoms with van der Waals surface area (Å²) in [7, 11) is 0. The average molecular weight is 207 g/mol. The lowest BCUT2D eigenvalue weighted by Gasteiger charge is -2.02. The fraction of sp³-hybridized carbons (Fsp3) is 0. The van der Waals surface area contributed by atoms with Crippen molar-refractivity contribution < 1.29 is 14.3 Å². The summed E-state index contributed by atoms with van der Waals surface area (Å²) in [5.74, 6) is -1.33. The number of hydrogen-bond donors (Lipinski definition) is 1. The molecule has 0 unspecified atom stereocenters. The molecule has 0 aliphatic rings. The smallest absolute Gasteiger partial charge is 0.354 e. The summed E-state index contributed by atoms with van der Waals surface area (Å²) in [5.41, 5.74) is -0.0193. The van der Waals surface area contributed by atoms with Crippen LogP contribution in [0.4, 0.5) is 4.39 Å². The number of nitrogens with zero attached hydrogens (tertiary/aromatic N) is 3. The van der Waals surface area contributed by atoms with E-state index < -0.39 is 11.8 Å². The summed E-state index contributed by atoms with van der Waals surface area (Å²) in [4.78, 5) is 14.5. The van der Waals surface area contributed by atoms with Crippen molar-refractivity contribution in [2.45, 2.75) is 0 Å². The van der Waals surface area contributed by atoms with Gasteiger partial charge < -0.3 is 5.11 Å². The highest BCUT2D eigenvalue weighted by atomic mass is 19.1. The van der Waals surface area contributed by atoms with Crippen molar-refractivity contribution in [2.75, 3.05) is 0 Å². The van der Waals surface area contributed by atoms with Crippen molar-refractivity contribution >= 4 is 5.97 Å². The van der Waals surface area contributed by atoms with Crippen molar-refractivity contribution in [3.63, 3.8) is 0 Å². The van der Waals surface area contributed by atoms with Crippen LogP contribution in [0.15, 0.2) is 30.6 Å². The maximum Gasteiger partial charge on any atom is 0.354 e. The molecule has 2 aromatic heterocycles. The number of carboxylic acid groups (broad SMARTS) is 1. The lowest BCUT2D eigenvalue weighted by atomic mass is 10.4. The van der Waals surface area contributed by atoms with E-state index in [0.29, 0.717) is 0 Å². The zero-order valence-electron chi connectivity index (χ0n) is 7.46. The number of carboxylic acids is 1. The molecule has 0 spiro atoms. The molecular weight excluding hydrogens is 201 g/mol. The third-order valence-corrected chi connectivity index (χ3v) is 1.79. The van der Waals surface area contributed by atoms with Gasteiger partial charge >= 0.3 is 5.97 Å². The molecule has 0 amide bonds. The van der Waals surface area contributed by atoms with E-state index in [1.165, 1.54) is 24.4 Å². The van der Waals surface area contributed by atoms with Crippen LogP contribution in [0.1, 0.15) is 10.5 Å². The highest BCUT2D eigenvalue weighted by Gasteiger charge is 2.12. The third kappa shape index (κ3) is 1.69. The first kappa shape index (κ1) is 9.32. The predicted octanol–water partition coefficient (Wildman–Crippen LogP) is 1.10. The van der Waals surface area contributed by atoms with Gasteiger partial charge in [-0.25, -0.2) is 18.9 Å². The van der Waals surface area contributed by atoms with Crippen LogP contribution in [0.5, 0.6) is 0 Å². The van der Waals surface area contributed by atoms with Gasteiger partial charge in [-0.2, -0.15) is 5.10 Å². The Bertz CT molecular complexity index is 492. The van der Waals surface area contributed by atoms with Gasteiger partial charge in [-0.1, -0.05) is 0 Å². The molecule has 0 radical (unpaired) electrons. The van der Waals surface area contributed by atoms with E-state index in [9.17, 15) is 9.18 Å². The summed E-state index contributed by atoms with van der Waals surface area (Å²) >= 11 is 0. The fourth-order valence-electron chi connectivity index (χ4n) is 1.14. The molecule has 5 nitrogen and oxygen atoms in total. The summed E-state index contributed by atoms with van der Waals surface area (Å²) in [6.45, 7) is 0. The molecule has 1 N–H and O–H groups in total. The number of rotatable bonds is 2. The maximum absolute atomic E-state index is 12.6. The van der Waals surface area contributed by atoms with E-state index in [1.807, 2.05) is 0 Å². The van der Waals surface area contributed by atoms with Crippen molar-refractivity contribution in [3.05, 3.63) is 42.1 Å². The SMILES string of the molecule is O=C(O)c1ccnn1-c1ccc(F)cn1. The Kier molecular flexibility index (Phi) is 2.17. The quantitative estimate of drug-likeness (QED) is 0.800. The largest absolute Gasteiger partial charge is 0.477 e. The van der Waals surface area contributed by atoms with Crippen molar-refractivity contribution in [1.82, 2.24) is 14.8 Å². The minimum atomic E-state index is -1.11. The highest BCUT2D eigenvalue weighted by molar-refractivity contribution is 5.86. The molecule has 0 aromatic carbocycles. The van der Waals surface area contributed by atoms with Crippen LogP contribution in [-0.2, 0) is 0 Å². The molecule has 0 atom stereocenters. The van der Waals surface area contributed by atoms with E-state index in [-0.39, 0.29) is 11.5 Å². The zero-order valence-corrected chi connectivity index (χ0v) is 7.46. The number of hydrogen-bond acceptors (Lipinski definition) is 3. The molecular formula is C9H6FN3O2. The molecule has 0 aliphatic heterocycles. The van der Waals surface area contributed by atoms with Crippen molar-refractivity contribution in [3.8, 4) is 5.82 Å². The van der Waals surface area contributed by atoms with E-state index in [0.717, 1.165) is 10.9 Å². The average Bonchev–Trinajstić information content (AvgIpc) is 2.67. The number of pyridine rings is 1. The Morgan fingerprint density at radius 2 is 2.20 bits per heavy atom. The molecule has 2 heterocycles. The van der Waals surface area contributed by atoms with Crippen LogP contribution < -0.4 is 0 Å². The van der Waals surface area contributed by atoms with Crippen LogP contribution in [0.2, 0.25) is 0 Å². The van der Waals surface area contributed by atoms with Crippen LogP contribution >= 0.6 is 0 Å².